The highest BCUT2D eigenvalue weighted by Gasteiger charge is 2.18. The molecule has 0 spiro atoms. The van der Waals surface area contributed by atoms with Gasteiger partial charge in [-0.25, -0.2) is 4.98 Å². The first-order valence-electron chi connectivity index (χ1n) is 12.3. The lowest BCUT2D eigenvalue weighted by molar-refractivity contribution is 0.134. The molecule has 3 heterocycles. The Hall–Kier alpha value is -2.87. The van der Waals surface area contributed by atoms with Crippen molar-refractivity contribution >= 4 is 37.3 Å². The molecule has 0 bridgehead atoms. The molecule has 1 atom stereocenters. The summed E-state index contributed by atoms with van der Waals surface area (Å²) >= 11 is 0. The molecule has 1 N–H and O–H groups in total. The number of hydrogen-bond donors (Lipinski definition) is 1. The number of rotatable bonds is 7. The van der Waals surface area contributed by atoms with Crippen LogP contribution in [-0.4, -0.2) is 82.0 Å². The van der Waals surface area contributed by atoms with Crippen molar-refractivity contribution in [3.8, 4) is 16.9 Å². The molecule has 186 valence electrons. The van der Waals surface area contributed by atoms with Crippen LogP contribution in [0.3, 0.4) is 0 Å². The molecule has 6 nitrogen and oxygen atoms in total. The number of hydrogen-bond acceptors (Lipinski definition) is 5. The van der Waals surface area contributed by atoms with Crippen molar-refractivity contribution < 1.29 is 10.4 Å². The second kappa shape index (κ2) is 9.64. The van der Waals surface area contributed by atoms with Gasteiger partial charge in [0.25, 0.3) is 0 Å². The van der Waals surface area contributed by atoms with Gasteiger partial charge in [0.05, 0.1) is 5.52 Å². The Bertz CT molecular complexity index is 1470. The molecule has 0 aliphatic carbocycles. The zero-order chi connectivity index (χ0) is 24.6. The molecule has 1 aliphatic heterocycles. The Morgan fingerprint density at radius 2 is 1.97 bits per heavy atom. The quantitative estimate of drug-likeness (QED) is 0.380. The van der Waals surface area contributed by atoms with E-state index in [2.05, 4.69) is 57.8 Å². The van der Waals surface area contributed by atoms with E-state index in [1.807, 2.05) is 37.4 Å². The van der Waals surface area contributed by atoms with Gasteiger partial charge in [0, 0.05) is 61.8 Å². The molecule has 0 saturated carbocycles. The van der Waals surface area contributed by atoms with Gasteiger partial charge in [-0.05, 0) is 76.4 Å². The summed E-state index contributed by atoms with van der Waals surface area (Å²) in [6.07, 6.45) is 1.88. The SMILES string of the molecule is C=S(=O)(CC)c1cccc(-c2ccc(OCCN3CCN(C)CC3)c3[nH]c4ncc(C)cc4c23)c1.[HH]. The predicted molar refractivity (Wildman–Crippen MR) is 149 cm³/mol. The molecule has 5 rings (SSSR count). The molecular weight excluding hydrogens is 456 g/mol. The zero-order valence-electron chi connectivity index (χ0n) is 20.8. The molecular formula is C28H36N4O2S. The van der Waals surface area contributed by atoms with Crippen molar-refractivity contribution in [2.24, 2.45) is 0 Å². The molecule has 7 heteroatoms. The minimum absolute atomic E-state index is 0. The summed E-state index contributed by atoms with van der Waals surface area (Å²) in [6.45, 7) is 9.87. The third kappa shape index (κ3) is 4.81. The molecule has 2 aromatic heterocycles. The predicted octanol–water partition coefficient (Wildman–Crippen LogP) is 4.66. The largest absolute Gasteiger partial charge is 0.490 e. The van der Waals surface area contributed by atoms with Crippen LogP contribution in [0.15, 0.2) is 53.6 Å². The number of aromatic amines is 1. The van der Waals surface area contributed by atoms with E-state index in [4.69, 9.17) is 4.74 Å². The number of piperazine rings is 1. The van der Waals surface area contributed by atoms with E-state index in [1.54, 1.807) is 0 Å². The van der Waals surface area contributed by atoms with Crippen molar-refractivity contribution in [3.05, 3.63) is 54.2 Å². The Morgan fingerprint density at radius 1 is 1.17 bits per heavy atom. The van der Waals surface area contributed by atoms with Gasteiger partial charge < -0.3 is 14.6 Å². The van der Waals surface area contributed by atoms with Crippen LogP contribution in [0.5, 0.6) is 5.75 Å². The van der Waals surface area contributed by atoms with E-state index >= 15 is 0 Å². The maximum Gasteiger partial charge on any atom is 0.143 e. The normalized spacial score (nSPS) is 17.1. The maximum absolute atomic E-state index is 13.0. The van der Waals surface area contributed by atoms with E-state index in [9.17, 15) is 4.21 Å². The maximum atomic E-state index is 13.0. The summed E-state index contributed by atoms with van der Waals surface area (Å²) in [6, 6.07) is 14.3. The first-order valence-corrected chi connectivity index (χ1v) is 14.2. The highest BCUT2D eigenvalue weighted by atomic mass is 32.2. The van der Waals surface area contributed by atoms with Crippen LogP contribution in [-0.2, 0) is 9.52 Å². The van der Waals surface area contributed by atoms with Crippen LogP contribution in [0.1, 0.15) is 13.9 Å². The third-order valence-corrected chi connectivity index (χ3v) is 9.05. The van der Waals surface area contributed by atoms with Crippen LogP contribution < -0.4 is 4.74 Å². The van der Waals surface area contributed by atoms with E-state index in [1.165, 1.54) is 0 Å². The van der Waals surface area contributed by atoms with Crippen LogP contribution in [0.4, 0.5) is 0 Å². The molecule has 0 radical (unpaired) electrons. The molecule has 35 heavy (non-hydrogen) atoms. The van der Waals surface area contributed by atoms with E-state index in [-0.39, 0.29) is 1.43 Å². The minimum Gasteiger partial charge on any atom is -0.490 e. The van der Waals surface area contributed by atoms with Crippen molar-refractivity contribution in [2.75, 3.05) is 52.1 Å². The molecule has 4 aromatic rings. The highest BCUT2D eigenvalue weighted by molar-refractivity contribution is 8.00. The van der Waals surface area contributed by atoms with Crippen LogP contribution in [0, 0.1) is 6.92 Å². The summed E-state index contributed by atoms with van der Waals surface area (Å²) in [5.74, 6) is 5.33. The lowest BCUT2D eigenvalue weighted by Crippen LogP contribution is -2.45. The number of aryl methyl sites for hydroxylation is 1. The Morgan fingerprint density at radius 3 is 2.74 bits per heavy atom. The third-order valence-electron chi connectivity index (χ3n) is 7.01. The fourth-order valence-corrected chi connectivity index (χ4v) is 5.75. The molecule has 1 unspecified atom stereocenters. The molecule has 1 aliphatic rings. The number of fused-ring (bicyclic) bond motifs is 3. The Balaban J connectivity index is 0.00000304. The number of likely N-dealkylation sites (N-methyl/N-ethyl adjacent to an activating group) is 1. The Kier molecular flexibility index (Phi) is 6.57. The lowest BCUT2D eigenvalue weighted by atomic mass is 9.99. The summed E-state index contributed by atoms with van der Waals surface area (Å²) in [4.78, 5) is 13.8. The minimum atomic E-state index is -2.30. The standard InChI is InChI=1S/C28H34N4O2S.H2/c1-5-35(4,33)22-8-6-7-21(18-22)23-9-10-25(34-16-15-32-13-11-31(3)12-14-32)27-26(23)24-17-20(2)19-29-28(24)30-27;/h6-10,17-19H,4-5,11-16H2,1-3H3,(H,29,30);1H. The number of nitrogens with one attached hydrogen (secondary N) is 1. The molecule has 0 amide bonds. The fourth-order valence-electron chi connectivity index (χ4n) is 4.74. The number of aromatic nitrogens is 2. The summed E-state index contributed by atoms with van der Waals surface area (Å²) < 4.78 is 19.3. The molecule has 1 fully saturated rings. The van der Waals surface area contributed by atoms with Gasteiger partial charge in [-0.3, -0.25) is 9.11 Å². The summed E-state index contributed by atoms with van der Waals surface area (Å²) in [7, 11) is -0.133. The molecule has 1 saturated heterocycles. The number of H-pyrrole nitrogens is 1. The zero-order valence-corrected chi connectivity index (χ0v) is 21.7. The van der Waals surface area contributed by atoms with E-state index < -0.39 is 9.52 Å². The van der Waals surface area contributed by atoms with Gasteiger partial charge >= 0.3 is 0 Å². The number of pyridine rings is 1. The lowest BCUT2D eigenvalue weighted by Gasteiger charge is -2.32. The summed E-state index contributed by atoms with van der Waals surface area (Å²) in [5.41, 5.74) is 4.98. The monoisotopic (exact) mass is 492 g/mol. The molecule has 2 aromatic carbocycles. The number of benzene rings is 2. The summed E-state index contributed by atoms with van der Waals surface area (Å²) in [5, 5.41) is 2.15. The van der Waals surface area contributed by atoms with Gasteiger partial charge in [0.15, 0.2) is 0 Å². The van der Waals surface area contributed by atoms with Gasteiger partial charge in [-0.15, -0.1) is 0 Å². The second-order valence-corrected chi connectivity index (χ2v) is 12.2. The second-order valence-electron chi connectivity index (χ2n) is 9.52. The van der Waals surface area contributed by atoms with Gasteiger partial charge in [0.1, 0.15) is 18.0 Å². The van der Waals surface area contributed by atoms with Crippen molar-refractivity contribution in [1.82, 2.24) is 19.8 Å². The Labute approximate surface area is 209 Å². The first kappa shape index (κ1) is 23.9. The average molecular weight is 493 g/mol. The van der Waals surface area contributed by atoms with Crippen molar-refractivity contribution in [1.29, 1.82) is 0 Å². The van der Waals surface area contributed by atoms with Crippen molar-refractivity contribution in [2.45, 2.75) is 18.7 Å². The van der Waals surface area contributed by atoms with E-state index in [0.717, 1.165) is 82.0 Å². The average Bonchev–Trinajstić information content (AvgIpc) is 3.24. The van der Waals surface area contributed by atoms with E-state index in [0.29, 0.717) is 12.4 Å². The van der Waals surface area contributed by atoms with Crippen molar-refractivity contribution in [3.63, 3.8) is 0 Å². The van der Waals surface area contributed by atoms with Crippen LogP contribution in [0.25, 0.3) is 33.1 Å². The van der Waals surface area contributed by atoms with Gasteiger partial charge in [0.2, 0.25) is 0 Å². The number of ether oxygens (including phenoxy) is 1. The first-order chi connectivity index (χ1) is 16.9. The smallest absolute Gasteiger partial charge is 0.143 e. The van der Waals surface area contributed by atoms with Gasteiger partial charge in [-0.2, -0.15) is 0 Å². The number of nitrogens with zero attached hydrogens (tertiary/aromatic N) is 3. The van der Waals surface area contributed by atoms with Crippen LogP contribution in [0.2, 0.25) is 0 Å². The van der Waals surface area contributed by atoms with Gasteiger partial charge in [-0.1, -0.05) is 19.1 Å². The topological polar surface area (TPSA) is 61.5 Å². The fraction of sp³-hybridized carbons (Fsp3) is 0.357. The van der Waals surface area contributed by atoms with Crippen LogP contribution >= 0.6 is 0 Å². The highest BCUT2D eigenvalue weighted by Crippen LogP contribution is 2.39.